The maximum atomic E-state index is 16.1. The zero-order valence-electron chi connectivity index (χ0n) is 36.3. The van der Waals surface area contributed by atoms with Crippen molar-refractivity contribution in [3.8, 4) is 23.3 Å². The second-order valence-electron chi connectivity index (χ2n) is 18.4. The van der Waals surface area contributed by atoms with E-state index in [4.69, 9.17) is 9.84 Å². The monoisotopic (exact) mass is 837 g/mol. The SMILES string of the molecule is Cc1cc(-n2nc3c(c2-n2ccn(-c4ccc5c(cnn5C)c4F)c2=O)[C@H](C)N(C(=O)c2c(C4(C#N)CC4C)c4ccc(C5CCOC(C)(C)C5)cc4n2C)CC3)cc(C)c1F. The smallest absolute Gasteiger partial charge is 0.338 e. The van der Waals surface area contributed by atoms with Crippen molar-refractivity contribution in [1.29, 1.82) is 5.26 Å². The fraction of sp³-hybridized carbons (Fsp3) is 0.396. The zero-order valence-corrected chi connectivity index (χ0v) is 36.3. The summed E-state index contributed by atoms with van der Waals surface area (Å²) in [5, 5.41) is 21.2. The molecule has 10 rings (SSSR count). The molecule has 0 radical (unpaired) electrons. The molecule has 14 heteroatoms. The van der Waals surface area contributed by atoms with E-state index in [0.717, 1.165) is 29.3 Å². The van der Waals surface area contributed by atoms with Crippen LogP contribution in [0.1, 0.15) is 103 Å². The van der Waals surface area contributed by atoms with Crippen molar-refractivity contribution in [2.45, 2.75) is 90.2 Å². The van der Waals surface area contributed by atoms with Crippen LogP contribution in [0.15, 0.2) is 65.8 Å². The summed E-state index contributed by atoms with van der Waals surface area (Å²) in [6.45, 7) is 12.6. The number of hydrogen-bond acceptors (Lipinski definition) is 6. The molecule has 1 amide bonds. The Morgan fingerprint density at radius 3 is 2.37 bits per heavy atom. The number of aryl methyl sites for hydroxylation is 4. The van der Waals surface area contributed by atoms with Gasteiger partial charge in [-0.05, 0) is 113 Å². The number of hydrogen-bond donors (Lipinski definition) is 0. The molecule has 12 nitrogen and oxygen atoms in total. The van der Waals surface area contributed by atoms with Gasteiger partial charge in [-0.3, -0.25) is 18.6 Å². The molecule has 2 fully saturated rings. The Kier molecular flexibility index (Phi) is 8.88. The lowest BCUT2D eigenvalue weighted by atomic mass is 9.83. The molecule has 4 aromatic heterocycles. The predicted octanol–water partition coefficient (Wildman–Crippen LogP) is 8.32. The van der Waals surface area contributed by atoms with E-state index in [1.54, 1.807) is 60.7 Å². The fourth-order valence-electron chi connectivity index (χ4n) is 10.5. The van der Waals surface area contributed by atoms with E-state index in [2.05, 4.69) is 50.1 Å². The van der Waals surface area contributed by atoms with Crippen LogP contribution >= 0.6 is 0 Å². The average Bonchev–Trinajstić information content (AvgIpc) is 3.63. The number of benzene rings is 3. The number of imidazole rings is 1. The summed E-state index contributed by atoms with van der Waals surface area (Å²) in [6, 6.07) is 15.1. The van der Waals surface area contributed by atoms with Gasteiger partial charge in [0, 0.05) is 68.1 Å². The Morgan fingerprint density at radius 1 is 0.952 bits per heavy atom. The maximum absolute atomic E-state index is 16.1. The average molecular weight is 838 g/mol. The van der Waals surface area contributed by atoms with Crippen LogP contribution in [-0.2, 0) is 30.7 Å². The summed E-state index contributed by atoms with van der Waals surface area (Å²) in [4.78, 5) is 31.9. The number of rotatable bonds is 6. The zero-order chi connectivity index (χ0) is 43.7. The van der Waals surface area contributed by atoms with Gasteiger partial charge in [0.2, 0.25) is 0 Å². The van der Waals surface area contributed by atoms with E-state index in [1.807, 2.05) is 23.4 Å². The molecule has 2 aliphatic heterocycles. The number of aromatic nitrogens is 7. The van der Waals surface area contributed by atoms with E-state index in [9.17, 15) is 10.1 Å². The molecular formula is C48H49F2N9O3. The normalized spacial score (nSPS) is 22.0. The second kappa shape index (κ2) is 13.8. The lowest BCUT2D eigenvalue weighted by Gasteiger charge is -2.35. The van der Waals surface area contributed by atoms with Gasteiger partial charge in [-0.25, -0.2) is 18.3 Å². The molecule has 318 valence electrons. The third-order valence-electron chi connectivity index (χ3n) is 14.0. The van der Waals surface area contributed by atoms with Crippen LogP contribution in [0.25, 0.3) is 39.0 Å². The van der Waals surface area contributed by atoms with Gasteiger partial charge in [-0.15, -0.1) is 0 Å². The maximum Gasteiger partial charge on any atom is 0.338 e. The molecule has 1 saturated heterocycles. The van der Waals surface area contributed by atoms with Crippen LogP contribution < -0.4 is 5.69 Å². The molecule has 6 heterocycles. The molecule has 3 unspecified atom stereocenters. The summed E-state index contributed by atoms with van der Waals surface area (Å²) in [5.41, 5.74) is 5.06. The molecule has 62 heavy (non-hydrogen) atoms. The van der Waals surface area contributed by atoms with E-state index in [0.29, 0.717) is 77.0 Å². The molecule has 3 aliphatic rings. The van der Waals surface area contributed by atoms with E-state index >= 15 is 13.6 Å². The second-order valence-corrected chi connectivity index (χ2v) is 18.4. The molecular weight excluding hydrogens is 789 g/mol. The van der Waals surface area contributed by atoms with Crippen molar-refractivity contribution in [2.75, 3.05) is 13.2 Å². The summed E-state index contributed by atoms with van der Waals surface area (Å²) in [7, 11) is 3.64. The van der Waals surface area contributed by atoms with Gasteiger partial charge >= 0.3 is 5.69 Å². The fourth-order valence-corrected chi connectivity index (χ4v) is 10.5. The van der Waals surface area contributed by atoms with E-state index in [-0.39, 0.29) is 34.3 Å². The Hall–Kier alpha value is -6.33. The number of halogens is 2. The number of nitriles is 1. The Balaban J connectivity index is 1.12. The van der Waals surface area contributed by atoms with Crippen molar-refractivity contribution in [2.24, 2.45) is 20.0 Å². The van der Waals surface area contributed by atoms with Gasteiger partial charge in [-0.2, -0.15) is 15.5 Å². The molecule has 1 saturated carbocycles. The first-order valence-electron chi connectivity index (χ1n) is 21.3. The first kappa shape index (κ1) is 39.8. The van der Waals surface area contributed by atoms with Gasteiger partial charge in [0.15, 0.2) is 5.82 Å². The van der Waals surface area contributed by atoms with Gasteiger partial charge < -0.3 is 14.2 Å². The standard InChI is InChI=1S/C48H49F2N9O3/c1-26-19-32(20-27(2)41(26)49)59-44(58-17-16-57(46(58)61)37-12-11-36-34(42(37)50)24-52-55(36)8)39-29(4)56(15-13-35(39)53-59)45(60)43-40(48(25-51)22-28(48)3)33-10-9-30(21-38(33)54(43)7)31-14-18-62-47(5,6)23-31/h9-12,16-17,19-21,24,28-29,31H,13-15,18,22-23H2,1-8H3/t28?,29-,31?,48?/m0/s1. The van der Waals surface area contributed by atoms with E-state index in [1.165, 1.54) is 27.1 Å². The van der Waals surface area contributed by atoms with Gasteiger partial charge in [-0.1, -0.05) is 19.1 Å². The number of nitrogens with zero attached hydrogens (tertiary/aromatic N) is 9. The number of carbonyl (C=O) groups excluding carboxylic acids is 1. The van der Waals surface area contributed by atoms with Crippen molar-refractivity contribution >= 4 is 27.7 Å². The quantitative estimate of drug-likeness (QED) is 0.166. The highest BCUT2D eigenvalue weighted by Crippen LogP contribution is 2.57. The molecule has 1 aliphatic carbocycles. The summed E-state index contributed by atoms with van der Waals surface area (Å²) in [5.74, 6) is -0.413. The molecule has 4 atom stereocenters. The third-order valence-corrected chi connectivity index (χ3v) is 14.0. The number of fused-ring (bicyclic) bond motifs is 3. The number of carbonyl (C=O) groups is 1. The third kappa shape index (κ3) is 5.77. The first-order valence-corrected chi connectivity index (χ1v) is 21.3. The summed E-state index contributed by atoms with van der Waals surface area (Å²) in [6.07, 6.45) is 7.32. The Labute approximate surface area is 357 Å². The predicted molar refractivity (Wildman–Crippen MR) is 231 cm³/mol. The molecule has 0 spiro atoms. The highest BCUT2D eigenvalue weighted by Gasteiger charge is 2.57. The first-order chi connectivity index (χ1) is 29.5. The van der Waals surface area contributed by atoms with Crippen molar-refractivity contribution in [1.82, 2.24) is 38.2 Å². The minimum Gasteiger partial charge on any atom is -0.376 e. The van der Waals surface area contributed by atoms with Gasteiger partial charge in [0.25, 0.3) is 5.91 Å². The lowest BCUT2D eigenvalue weighted by molar-refractivity contribution is -0.0592. The van der Waals surface area contributed by atoms with E-state index < -0.39 is 23.0 Å². The highest BCUT2D eigenvalue weighted by atomic mass is 19.1. The minimum atomic E-state index is -0.810. The number of amides is 1. The molecule has 7 aromatic rings. The summed E-state index contributed by atoms with van der Waals surface area (Å²) < 4.78 is 45.1. The Bertz CT molecular complexity index is 3120. The van der Waals surface area contributed by atoms with Gasteiger partial charge in [0.05, 0.1) is 57.3 Å². The van der Waals surface area contributed by atoms with Gasteiger partial charge in [0.1, 0.15) is 17.3 Å². The van der Waals surface area contributed by atoms with Crippen molar-refractivity contribution < 1.29 is 18.3 Å². The largest absolute Gasteiger partial charge is 0.376 e. The van der Waals surface area contributed by atoms with Crippen LogP contribution in [0.3, 0.4) is 0 Å². The summed E-state index contributed by atoms with van der Waals surface area (Å²) >= 11 is 0. The number of ether oxygens (including phenoxy) is 1. The molecule has 0 bridgehead atoms. The topological polar surface area (TPSA) is 121 Å². The Morgan fingerprint density at radius 2 is 1.68 bits per heavy atom. The molecule has 0 N–H and O–H groups in total. The van der Waals surface area contributed by atoms with Crippen LogP contribution in [0.2, 0.25) is 0 Å². The minimum absolute atomic E-state index is 0.0558. The van der Waals surface area contributed by atoms with Crippen LogP contribution in [-0.4, -0.2) is 62.8 Å². The molecule has 3 aromatic carbocycles. The van der Waals surface area contributed by atoms with Crippen LogP contribution in [0.4, 0.5) is 8.78 Å². The van der Waals surface area contributed by atoms with Crippen molar-refractivity contribution in [3.63, 3.8) is 0 Å². The lowest BCUT2D eigenvalue weighted by Crippen LogP contribution is -2.40. The highest BCUT2D eigenvalue weighted by molar-refractivity contribution is 6.04. The van der Waals surface area contributed by atoms with Crippen molar-refractivity contribution in [3.05, 3.63) is 122 Å². The van der Waals surface area contributed by atoms with Crippen LogP contribution in [0.5, 0.6) is 0 Å². The van der Waals surface area contributed by atoms with Crippen LogP contribution in [0, 0.1) is 42.7 Å².